The molecule has 3 N–H and O–H groups in total. The first-order valence-electron chi connectivity index (χ1n) is 5.41. The number of aliphatic hydroxyl groups is 3. The Kier molecular flexibility index (Phi) is 5.14. The van der Waals surface area contributed by atoms with Crippen molar-refractivity contribution < 1.29 is 29.6 Å². The smallest absolute Gasteiger partial charge is 0.305 e. The summed E-state index contributed by atoms with van der Waals surface area (Å²) < 4.78 is 9.67. The summed E-state index contributed by atoms with van der Waals surface area (Å²) in [7, 11) is 0. The van der Waals surface area contributed by atoms with Gasteiger partial charge in [-0.25, -0.2) is 0 Å². The molecule has 16 heavy (non-hydrogen) atoms. The van der Waals surface area contributed by atoms with Crippen LogP contribution >= 0.6 is 0 Å². The zero-order valence-corrected chi connectivity index (χ0v) is 9.20. The van der Waals surface area contributed by atoms with Crippen LogP contribution in [0.25, 0.3) is 0 Å². The van der Waals surface area contributed by atoms with Gasteiger partial charge >= 0.3 is 5.97 Å². The van der Waals surface area contributed by atoms with Crippen molar-refractivity contribution in [2.24, 2.45) is 0 Å². The monoisotopic (exact) mass is 234 g/mol. The maximum atomic E-state index is 11.1. The lowest BCUT2D eigenvalue weighted by Crippen LogP contribution is -2.34. The normalized spacial score (nSPS) is 34.0. The van der Waals surface area contributed by atoms with Crippen LogP contribution in [0.15, 0.2) is 0 Å². The number of aliphatic hydroxyl groups excluding tert-OH is 3. The van der Waals surface area contributed by atoms with Gasteiger partial charge in [0.2, 0.25) is 0 Å². The van der Waals surface area contributed by atoms with Crippen LogP contribution in [0.5, 0.6) is 0 Å². The van der Waals surface area contributed by atoms with E-state index in [1.807, 2.05) is 6.92 Å². The summed E-state index contributed by atoms with van der Waals surface area (Å²) in [6.07, 6.45) is -2.89. The van der Waals surface area contributed by atoms with Gasteiger partial charge in [-0.2, -0.15) is 0 Å². The van der Waals surface area contributed by atoms with Crippen LogP contribution in [-0.2, 0) is 14.3 Å². The quantitative estimate of drug-likeness (QED) is 0.537. The van der Waals surface area contributed by atoms with Gasteiger partial charge in [0.15, 0.2) is 6.29 Å². The lowest BCUT2D eigenvalue weighted by Gasteiger charge is -2.14. The molecule has 0 amide bonds. The minimum atomic E-state index is -1.42. The number of hydrogen-bond donors (Lipinski definition) is 3. The zero-order valence-electron chi connectivity index (χ0n) is 9.20. The lowest BCUT2D eigenvalue weighted by atomic mass is 10.1. The molecule has 0 spiro atoms. The molecule has 0 radical (unpaired) electrons. The van der Waals surface area contributed by atoms with Gasteiger partial charge in [-0.15, -0.1) is 0 Å². The van der Waals surface area contributed by atoms with Crippen molar-refractivity contribution in [3.8, 4) is 0 Å². The highest BCUT2D eigenvalue weighted by atomic mass is 16.7. The highest BCUT2D eigenvalue weighted by Gasteiger charge is 2.42. The average Bonchev–Trinajstić information content (AvgIpc) is 2.51. The SMILES string of the molecule is CCCCC(=O)OC[C@H]1OC(O)[C@H](O)[C@@H]1O. The van der Waals surface area contributed by atoms with Crippen LogP contribution in [0.4, 0.5) is 0 Å². The maximum absolute atomic E-state index is 11.1. The van der Waals surface area contributed by atoms with Crippen LogP contribution in [0.1, 0.15) is 26.2 Å². The molecule has 4 atom stereocenters. The molecule has 0 bridgehead atoms. The Morgan fingerprint density at radius 1 is 1.31 bits per heavy atom. The molecule has 1 saturated heterocycles. The second-order valence-corrected chi connectivity index (χ2v) is 3.83. The molecule has 0 aromatic heterocycles. The molecule has 1 unspecified atom stereocenters. The van der Waals surface area contributed by atoms with Crippen molar-refractivity contribution in [3.63, 3.8) is 0 Å². The molecule has 0 aliphatic carbocycles. The summed E-state index contributed by atoms with van der Waals surface area (Å²) in [5.74, 6) is -0.367. The molecule has 0 saturated carbocycles. The first-order valence-corrected chi connectivity index (χ1v) is 5.41. The molecule has 6 heteroatoms. The number of rotatable bonds is 5. The second-order valence-electron chi connectivity index (χ2n) is 3.83. The summed E-state index contributed by atoms with van der Waals surface area (Å²) in [5, 5.41) is 27.6. The van der Waals surface area contributed by atoms with Gasteiger partial charge in [0.1, 0.15) is 24.9 Å². The largest absolute Gasteiger partial charge is 0.463 e. The van der Waals surface area contributed by atoms with Crippen LogP contribution < -0.4 is 0 Å². The van der Waals surface area contributed by atoms with E-state index in [9.17, 15) is 15.0 Å². The summed E-state index contributed by atoms with van der Waals surface area (Å²) in [6, 6.07) is 0. The Morgan fingerprint density at radius 3 is 2.50 bits per heavy atom. The van der Waals surface area contributed by atoms with E-state index in [0.717, 1.165) is 12.8 Å². The molecular formula is C10H18O6. The molecule has 1 heterocycles. The van der Waals surface area contributed by atoms with Gasteiger partial charge in [-0.05, 0) is 6.42 Å². The Balaban J connectivity index is 2.25. The molecule has 0 aromatic carbocycles. The van der Waals surface area contributed by atoms with Crippen LogP contribution in [0, 0.1) is 0 Å². The average molecular weight is 234 g/mol. The van der Waals surface area contributed by atoms with Crippen LogP contribution in [-0.4, -0.2) is 52.5 Å². The zero-order chi connectivity index (χ0) is 12.1. The fraction of sp³-hybridized carbons (Fsp3) is 0.900. The first kappa shape index (κ1) is 13.4. The summed E-state index contributed by atoms with van der Waals surface area (Å²) in [6.45, 7) is 1.81. The van der Waals surface area contributed by atoms with E-state index in [4.69, 9.17) is 14.6 Å². The van der Waals surface area contributed by atoms with Gasteiger partial charge in [0.25, 0.3) is 0 Å². The highest BCUT2D eigenvalue weighted by molar-refractivity contribution is 5.69. The van der Waals surface area contributed by atoms with Crippen LogP contribution in [0.3, 0.4) is 0 Å². The lowest BCUT2D eigenvalue weighted by molar-refractivity contribution is -0.157. The molecule has 0 aromatic rings. The minimum absolute atomic E-state index is 0.155. The van der Waals surface area contributed by atoms with E-state index < -0.39 is 24.6 Å². The number of unbranched alkanes of at least 4 members (excludes halogenated alkanes) is 1. The van der Waals surface area contributed by atoms with Gasteiger partial charge in [0, 0.05) is 6.42 Å². The third kappa shape index (κ3) is 3.41. The third-order valence-electron chi connectivity index (χ3n) is 2.48. The van der Waals surface area contributed by atoms with Gasteiger partial charge in [-0.3, -0.25) is 4.79 Å². The topological polar surface area (TPSA) is 96.2 Å². The van der Waals surface area contributed by atoms with E-state index in [2.05, 4.69) is 0 Å². The van der Waals surface area contributed by atoms with E-state index >= 15 is 0 Å². The third-order valence-corrected chi connectivity index (χ3v) is 2.48. The molecule has 1 fully saturated rings. The molecular weight excluding hydrogens is 216 g/mol. The molecule has 1 aliphatic rings. The Labute approximate surface area is 93.8 Å². The van der Waals surface area contributed by atoms with Crippen molar-refractivity contribution >= 4 is 5.97 Å². The highest BCUT2D eigenvalue weighted by Crippen LogP contribution is 2.19. The standard InChI is InChI=1S/C10H18O6/c1-2-3-4-7(11)15-5-6-8(12)9(13)10(14)16-6/h6,8-10,12-14H,2-5H2,1H3/t6-,8-,9-,10?/m1/s1. The first-order chi connectivity index (χ1) is 7.56. The molecule has 1 rings (SSSR count). The van der Waals surface area contributed by atoms with E-state index in [1.54, 1.807) is 0 Å². The van der Waals surface area contributed by atoms with E-state index in [1.165, 1.54) is 0 Å². The Hall–Kier alpha value is -0.690. The van der Waals surface area contributed by atoms with Crippen molar-refractivity contribution in [2.45, 2.75) is 50.8 Å². The van der Waals surface area contributed by atoms with Gasteiger partial charge in [-0.1, -0.05) is 13.3 Å². The molecule has 94 valence electrons. The summed E-state index contributed by atoms with van der Waals surface area (Å²) in [5.41, 5.74) is 0. The number of esters is 1. The predicted octanol–water partition coefficient (Wildman–Crippen LogP) is -0.841. The fourth-order valence-electron chi connectivity index (χ4n) is 1.43. The second kappa shape index (κ2) is 6.15. The van der Waals surface area contributed by atoms with Crippen molar-refractivity contribution in [3.05, 3.63) is 0 Å². The van der Waals surface area contributed by atoms with Crippen LogP contribution in [0.2, 0.25) is 0 Å². The molecule has 6 nitrogen and oxygen atoms in total. The Morgan fingerprint density at radius 2 is 2.00 bits per heavy atom. The van der Waals surface area contributed by atoms with Gasteiger partial charge in [0.05, 0.1) is 0 Å². The minimum Gasteiger partial charge on any atom is -0.463 e. The number of ether oxygens (including phenoxy) is 2. The van der Waals surface area contributed by atoms with Gasteiger partial charge < -0.3 is 24.8 Å². The predicted molar refractivity (Wildman–Crippen MR) is 53.4 cm³/mol. The summed E-state index contributed by atoms with van der Waals surface area (Å²) in [4.78, 5) is 11.1. The maximum Gasteiger partial charge on any atom is 0.305 e. The van der Waals surface area contributed by atoms with Crippen molar-refractivity contribution in [1.29, 1.82) is 0 Å². The van der Waals surface area contributed by atoms with E-state index in [0.29, 0.717) is 6.42 Å². The fourth-order valence-corrected chi connectivity index (χ4v) is 1.43. The van der Waals surface area contributed by atoms with Crippen molar-refractivity contribution in [1.82, 2.24) is 0 Å². The van der Waals surface area contributed by atoms with Crippen molar-refractivity contribution in [2.75, 3.05) is 6.61 Å². The Bertz CT molecular complexity index is 231. The van der Waals surface area contributed by atoms with E-state index in [-0.39, 0.29) is 12.6 Å². The number of carbonyl (C=O) groups excluding carboxylic acids is 1. The number of hydrogen-bond acceptors (Lipinski definition) is 6. The molecule has 1 aliphatic heterocycles. The summed E-state index contributed by atoms with van der Waals surface area (Å²) >= 11 is 0. The number of carbonyl (C=O) groups is 1.